The third kappa shape index (κ3) is 1.21. The van der Waals surface area contributed by atoms with Crippen LogP contribution in [0.1, 0.15) is 34.5 Å². The Labute approximate surface area is 76.4 Å². The van der Waals surface area contributed by atoms with E-state index in [0.717, 1.165) is 5.56 Å². The van der Waals surface area contributed by atoms with E-state index in [4.69, 9.17) is 0 Å². The van der Waals surface area contributed by atoms with Crippen molar-refractivity contribution >= 4 is 5.91 Å². The standard InChI is InChI=1S/C10H11NO2/c1-6(12)8-4-2-3-7-5-11-10(13)9(7)8/h2-4,6,12H,5H2,1H3,(H,11,13)/t6-/m0/s1. The van der Waals surface area contributed by atoms with Crippen LogP contribution in [0.3, 0.4) is 0 Å². The smallest absolute Gasteiger partial charge is 0.252 e. The van der Waals surface area contributed by atoms with Crippen molar-refractivity contribution < 1.29 is 9.90 Å². The number of aliphatic hydroxyl groups excluding tert-OH is 1. The van der Waals surface area contributed by atoms with Gasteiger partial charge >= 0.3 is 0 Å². The van der Waals surface area contributed by atoms with Crippen LogP contribution < -0.4 is 5.32 Å². The average molecular weight is 177 g/mol. The SMILES string of the molecule is C[C@H](O)c1cccc2c1C(=O)NC2. The van der Waals surface area contributed by atoms with E-state index in [1.54, 1.807) is 13.0 Å². The minimum atomic E-state index is -0.584. The monoisotopic (exact) mass is 177 g/mol. The van der Waals surface area contributed by atoms with Crippen LogP contribution in [-0.2, 0) is 6.54 Å². The van der Waals surface area contributed by atoms with Gasteiger partial charge in [0.1, 0.15) is 0 Å². The van der Waals surface area contributed by atoms with Crippen molar-refractivity contribution in [1.29, 1.82) is 0 Å². The molecule has 2 N–H and O–H groups in total. The van der Waals surface area contributed by atoms with Gasteiger partial charge in [0, 0.05) is 6.54 Å². The molecule has 1 amide bonds. The highest BCUT2D eigenvalue weighted by Crippen LogP contribution is 2.24. The van der Waals surface area contributed by atoms with Gasteiger partial charge in [-0.15, -0.1) is 0 Å². The number of carbonyl (C=O) groups excluding carboxylic acids is 1. The van der Waals surface area contributed by atoms with Crippen molar-refractivity contribution in [2.75, 3.05) is 0 Å². The van der Waals surface area contributed by atoms with E-state index in [-0.39, 0.29) is 5.91 Å². The van der Waals surface area contributed by atoms with Crippen molar-refractivity contribution in [3.8, 4) is 0 Å². The Hall–Kier alpha value is -1.35. The predicted molar refractivity (Wildman–Crippen MR) is 48.2 cm³/mol. The molecule has 0 fully saturated rings. The molecule has 0 saturated heterocycles. The fraction of sp³-hybridized carbons (Fsp3) is 0.300. The van der Waals surface area contributed by atoms with Gasteiger partial charge in [-0.2, -0.15) is 0 Å². The number of carbonyl (C=O) groups is 1. The number of nitrogens with one attached hydrogen (secondary N) is 1. The number of hydrogen-bond acceptors (Lipinski definition) is 2. The minimum absolute atomic E-state index is 0.0773. The first-order chi connectivity index (χ1) is 6.20. The normalized spacial score (nSPS) is 16.6. The Morgan fingerprint density at radius 3 is 3.00 bits per heavy atom. The number of hydrogen-bond donors (Lipinski definition) is 2. The van der Waals surface area contributed by atoms with Crippen molar-refractivity contribution in [3.05, 3.63) is 34.9 Å². The molecule has 3 heteroatoms. The highest BCUT2D eigenvalue weighted by Gasteiger charge is 2.23. The summed E-state index contributed by atoms with van der Waals surface area (Å²) in [5, 5.41) is 12.2. The van der Waals surface area contributed by atoms with Crippen LogP contribution in [0.4, 0.5) is 0 Å². The lowest BCUT2D eigenvalue weighted by Crippen LogP contribution is -2.14. The van der Waals surface area contributed by atoms with Gasteiger partial charge in [-0.05, 0) is 18.1 Å². The fourth-order valence-electron chi connectivity index (χ4n) is 1.66. The van der Waals surface area contributed by atoms with Crippen LogP contribution in [-0.4, -0.2) is 11.0 Å². The molecule has 1 heterocycles. The second kappa shape index (κ2) is 2.85. The molecule has 1 aliphatic rings. The third-order valence-corrected chi connectivity index (χ3v) is 2.30. The summed E-state index contributed by atoms with van der Waals surface area (Å²) in [4.78, 5) is 11.4. The van der Waals surface area contributed by atoms with E-state index in [1.165, 1.54) is 0 Å². The van der Waals surface area contributed by atoms with Gasteiger partial charge in [-0.25, -0.2) is 0 Å². The van der Waals surface area contributed by atoms with Crippen molar-refractivity contribution in [2.24, 2.45) is 0 Å². The first-order valence-electron chi connectivity index (χ1n) is 4.28. The second-order valence-corrected chi connectivity index (χ2v) is 3.24. The average Bonchev–Trinajstić information content (AvgIpc) is 2.48. The Bertz CT molecular complexity index is 358. The van der Waals surface area contributed by atoms with Crippen molar-refractivity contribution in [1.82, 2.24) is 5.32 Å². The van der Waals surface area contributed by atoms with E-state index in [1.807, 2.05) is 12.1 Å². The predicted octanol–water partition coefficient (Wildman–Crippen LogP) is 0.983. The Balaban J connectivity index is 2.60. The van der Waals surface area contributed by atoms with Gasteiger partial charge in [-0.3, -0.25) is 4.79 Å². The summed E-state index contributed by atoms with van der Waals surface area (Å²) in [5.41, 5.74) is 2.34. The molecule has 3 nitrogen and oxygen atoms in total. The summed E-state index contributed by atoms with van der Waals surface area (Å²) in [6, 6.07) is 5.55. The van der Waals surface area contributed by atoms with Crippen LogP contribution in [0.5, 0.6) is 0 Å². The highest BCUT2D eigenvalue weighted by atomic mass is 16.3. The summed E-state index contributed by atoms with van der Waals surface area (Å²) in [5.74, 6) is -0.0773. The molecular weight excluding hydrogens is 166 g/mol. The maximum atomic E-state index is 11.4. The van der Waals surface area contributed by atoms with Crippen LogP contribution in [0.2, 0.25) is 0 Å². The summed E-state index contributed by atoms with van der Waals surface area (Å²) in [6.07, 6.45) is -0.584. The molecule has 1 atom stereocenters. The van der Waals surface area contributed by atoms with Crippen LogP contribution >= 0.6 is 0 Å². The van der Waals surface area contributed by atoms with Gasteiger partial charge in [-0.1, -0.05) is 18.2 Å². The quantitative estimate of drug-likeness (QED) is 0.671. The van der Waals surface area contributed by atoms with Gasteiger partial charge in [0.05, 0.1) is 11.7 Å². The summed E-state index contributed by atoms with van der Waals surface area (Å²) >= 11 is 0. The summed E-state index contributed by atoms with van der Waals surface area (Å²) in [6.45, 7) is 2.25. The Kier molecular flexibility index (Phi) is 1.81. The summed E-state index contributed by atoms with van der Waals surface area (Å²) in [7, 11) is 0. The molecule has 1 aromatic carbocycles. The molecule has 0 unspecified atom stereocenters. The number of amides is 1. The lowest BCUT2D eigenvalue weighted by Gasteiger charge is -2.08. The molecule has 0 spiro atoms. The molecule has 0 radical (unpaired) electrons. The molecule has 0 aromatic heterocycles. The molecule has 0 saturated carbocycles. The topological polar surface area (TPSA) is 49.3 Å². The van der Waals surface area contributed by atoms with E-state index in [2.05, 4.69) is 5.32 Å². The number of benzene rings is 1. The maximum Gasteiger partial charge on any atom is 0.252 e. The van der Waals surface area contributed by atoms with Gasteiger partial charge < -0.3 is 10.4 Å². The molecule has 1 aromatic rings. The largest absolute Gasteiger partial charge is 0.389 e. The van der Waals surface area contributed by atoms with Gasteiger partial charge in [0.15, 0.2) is 0 Å². The number of aliphatic hydroxyl groups is 1. The van der Waals surface area contributed by atoms with Crippen LogP contribution in [0.25, 0.3) is 0 Å². The van der Waals surface area contributed by atoms with E-state index in [0.29, 0.717) is 17.7 Å². The summed E-state index contributed by atoms with van der Waals surface area (Å²) < 4.78 is 0. The zero-order chi connectivity index (χ0) is 9.42. The molecule has 2 rings (SSSR count). The molecular formula is C10H11NO2. The van der Waals surface area contributed by atoms with E-state index in [9.17, 15) is 9.90 Å². The first-order valence-corrected chi connectivity index (χ1v) is 4.28. The van der Waals surface area contributed by atoms with Crippen LogP contribution in [0, 0.1) is 0 Å². The maximum absolute atomic E-state index is 11.4. The molecule has 68 valence electrons. The van der Waals surface area contributed by atoms with Gasteiger partial charge in [0.25, 0.3) is 5.91 Å². The number of rotatable bonds is 1. The Morgan fingerprint density at radius 2 is 2.31 bits per heavy atom. The third-order valence-electron chi connectivity index (χ3n) is 2.30. The molecule has 1 aliphatic heterocycles. The molecule has 0 aliphatic carbocycles. The van der Waals surface area contributed by atoms with E-state index >= 15 is 0 Å². The first kappa shape index (κ1) is 8.26. The highest BCUT2D eigenvalue weighted by molar-refractivity contribution is 5.99. The lowest BCUT2D eigenvalue weighted by atomic mass is 10.00. The second-order valence-electron chi connectivity index (χ2n) is 3.24. The van der Waals surface area contributed by atoms with Gasteiger partial charge in [0.2, 0.25) is 0 Å². The zero-order valence-corrected chi connectivity index (χ0v) is 7.37. The van der Waals surface area contributed by atoms with Crippen molar-refractivity contribution in [2.45, 2.75) is 19.6 Å². The minimum Gasteiger partial charge on any atom is -0.389 e. The van der Waals surface area contributed by atoms with E-state index < -0.39 is 6.10 Å². The van der Waals surface area contributed by atoms with Crippen LogP contribution in [0.15, 0.2) is 18.2 Å². The fourth-order valence-corrected chi connectivity index (χ4v) is 1.66. The number of fused-ring (bicyclic) bond motifs is 1. The Morgan fingerprint density at radius 1 is 1.54 bits per heavy atom. The zero-order valence-electron chi connectivity index (χ0n) is 7.37. The lowest BCUT2D eigenvalue weighted by molar-refractivity contribution is 0.0960. The molecule has 13 heavy (non-hydrogen) atoms. The van der Waals surface area contributed by atoms with Crippen molar-refractivity contribution in [3.63, 3.8) is 0 Å². The molecule has 0 bridgehead atoms.